The van der Waals surface area contributed by atoms with Crippen LogP contribution in [0.5, 0.6) is 0 Å². The van der Waals surface area contributed by atoms with Crippen molar-refractivity contribution in [2.24, 2.45) is 5.73 Å². The summed E-state index contributed by atoms with van der Waals surface area (Å²) in [5.74, 6) is 0. The van der Waals surface area contributed by atoms with Gasteiger partial charge in [-0.25, -0.2) is 8.42 Å². The van der Waals surface area contributed by atoms with E-state index in [0.717, 1.165) is 0 Å². The van der Waals surface area contributed by atoms with Crippen LogP contribution in [0.15, 0.2) is 17.3 Å². The summed E-state index contributed by atoms with van der Waals surface area (Å²) in [7, 11) is -1.53. The van der Waals surface area contributed by atoms with Crippen LogP contribution < -0.4 is 5.73 Å². The molecule has 17 heavy (non-hydrogen) atoms. The van der Waals surface area contributed by atoms with Gasteiger partial charge >= 0.3 is 0 Å². The highest BCUT2D eigenvalue weighted by Gasteiger charge is 2.35. The van der Waals surface area contributed by atoms with Gasteiger partial charge in [-0.2, -0.15) is 9.40 Å². The second-order valence-electron chi connectivity index (χ2n) is 4.19. The summed E-state index contributed by atoms with van der Waals surface area (Å²) in [5, 5.41) is 6.30. The van der Waals surface area contributed by atoms with Gasteiger partial charge in [0.15, 0.2) is 5.03 Å². The van der Waals surface area contributed by atoms with Gasteiger partial charge in [0.05, 0.1) is 12.2 Å². The predicted molar refractivity (Wildman–Crippen MR) is 62.8 cm³/mol. The fourth-order valence-corrected chi connectivity index (χ4v) is 3.54. The lowest BCUT2D eigenvalue weighted by Crippen LogP contribution is -2.56. The van der Waals surface area contributed by atoms with Crippen molar-refractivity contribution in [3.8, 4) is 0 Å². The highest BCUT2D eigenvalue weighted by molar-refractivity contribution is 7.89. The highest BCUT2D eigenvalue weighted by atomic mass is 32.2. The zero-order valence-corrected chi connectivity index (χ0v) is 10.5. The van der Waals surface area contributed by atoms with Crippen molar-refractivity contribution in [1.29, 1.82) is 0 Å². The molecule has 1 saturated heterocycles. The van der Waals surface area contributed by atoms with Gasteiger partial charge in [-0.1, -0.05) is 0 Å². The molecule has 3 N–H and O–H groups in total. The molecule has 8 heteroatoms. The number of aromatic nitrogens is 2. The van der Waals surface area contributed by atoms with Crippen molar-refractivity contribution in [1.82, 2.24) is 19.4 Å². The lowest BCUT2D eigenvalue weighted by molar-refractivity contribution is 0.163. The molecule has 0 amide bonds. The topological polar surface area (TPSA) is 95.3 Å². The molecule has 96 valence electrons. The molecule has 1 aliphatic heterocycles. The fourth-order valence-electron chi connectivity index (χ4n) is 2.02. The fraction of sp³-hybridized carbons (Fsp3) is 0.667. The minimum atomic E-state index is -3.49. The van der Waals surface area contributed by atoms with Gasteiger partial charge in [-0.3, -0.25) is 5.10 Å². The molecule has 7 nitrogen and oxygen atoms in total. The number of H-pyrrole nitrogens is 1. The molecule has 0 saturated carbocycles. The van der Waals surface area contributed by atoms with Crippen molar-refractivity contribution in [3.63, 3.8) is 0 Å². The minimum absolute atomic E-state index is 0.125. The monoisotopic (exact) mass is 259 g/mol. The molecule has 0 radical (unpaired) electrons. The third-order valence-corrected chi connectivity index (χ3v) is 4.85. The molecule has 0 aromatic carbocycles. The summed E-state index contributed by atoms with van der Waals surface area (Å²) >= 11 is 0. The Morgan fingerprint density at radius 1 is 1.59 bits per heavy atom. The Morgan fingerprint density at radius 2 is 2.35 bits per heavy atom. The molecule has 1 aromatic rings. The minimum Gasteiger partial charge on any atom is -0.329 e. The van der Waals surface area contributed by atoms with E-state index in [4.69, 9.17) is 5.73 Å². The van der Waals surface area contributed by atoms with E-state index in [9.17, 15) is 8.42 Å². The van der Waals surface area contributed by atoms with Gasteiger partial charge in [0.1, 0.15) is 0 Å². The number of aromatic amines is 1. The molecular formula is C9H17N5O2S. The van der Waals surface area contributed by atoms with Gasteiger partial charge in [0, 0.05) is 26.2 Å². The smallest absolute Gasteiger partial charge is 0.260 e. The second-order valence-corrected chi connectivity index (χ2v) is 6.05. The van der Waals surface area contributed by atoms with Crippen LogP contribution in [-0.2, 0) is 10.0 Å². The number of likely N-dealkylation sites (N-methyl/N-ethyl adjacent to an activating group) is 1. The number of rotatable bonds is 3. The Balaban J connectivity index is 2.27. The van der Waals surface area contributed by atoms with Crippen LogP contribution in [0.2, 0.25) is 0 Å². The number of nitrogens with two attached hydrogens (primary N) is 1. The molecule has 1 atom stereocenters. The number of nitrogens with zero attached hydrogens (tertiary/aromatic N) is 3. The lowest BCUT2D eigenvalue weighted by atomic mass is 10.2. The Labute approximate surface area is 101 Å². The first-order valence-electron chi connectivity index (χ1n) is 5.45. The lowest BCUT2D eigenvalue weighted by Gasteiger charge is -2.38. The Hall–Kier alpha value is -0.960. The molecule has 2 rings (SSSR count). The average Bonchev–Trinajstić information content (AvgIpc) is 2.82. The summed E-state index contributed by atoms with van der Waals surface area (Å²) in [6.07, 6.45) is 1.43. The first kappa shape index (κ1) is 12.5. The van der Waals surface area contributed by atoms with Crippen molar-refractivity contribution < 1.29 is 8.42 Å². The van der Waals surface area contributed by atoms with Crippen LogP contribution in [-0.4, -0.2) is 67.1 Å². The summed E-state index contributed by atoms with van der Waals surface area (Å²) in [6.45, 7) is 2.14. The van der Waals surface area contributed by atoms with Gasteiger partial charge < -0.3 is 10.6 Å². The van der Waals surface area contributed by atoms with Crippen molar-refractivity contribution >= 4 is 10.0 Å². The molecule has 0 aliphatic carbocycles. The summed E-state index contributed by atoms with van der Waals surface area (Å²) < 4.78 is 26.1. The number of hydrogen-bond acceptors (Lipinski definition) is 5. The first-order chi connectivity index (χ1) is 8.05. The van der Waals surface area contributed by atoms with Crippen LogP contribution in [0.4, 0.5) is 0 Å². The quantitative estimate of drug-likeness (QED) is 0.701. The molecular weight excluding hydrogens is 242 g/mol. The third kappa shape index (κ3) is 2.34. The number of piperazine rings is 1. The zero-order valence-electron chi connectivity index (χ0n) is 9.70. The van der Waals surface area contributed by atoms with Gasteiger partial charge in [0.2, 0.25) is 0 Å². The molecule has 1 aromatic heterocycles. The van der Waals surface area contributed by atoms with Crippen LogP contribution in [0, 0.1) is 0 Å². The Bertz CT molecular complexity index is 458. The van der Waals surface area contributed by atoms with E-state index in [2.05, 4.69) is 15.1 Å². The number of sulfonamides is 1. The van der Waals surface area contributed by atoms with Gasteiger partial charge in [0.25, 0.3) is 10.0 Å². The largest absolute Gasteiger partial charge is 0.329 e. The van der Waals surface area contributed by atoms with E-state index in [1.165, 1.54) is 16.6 Å². The Kier molecular flexibility index (Phi) is 3.48. The maximum absolute atomic E-state index is 12.3. The van der Waals surface area contributed by atoms with E-state index >= 15 is 0 Å². The predicted octanol–water partition coefficient (Wildman–Crippen LogP) is -1.33. The summed E-state index contributed by atoms with van der Waals surface area (Å²) in [6, 6.07) is 1.28. The van der Waals surface area contributed by atoms with E-state index in [-0.39, 0.29) is 11.1 Å². The molecule has 0 bridgehead atoms. The van der Waals surface area contributed by atoms with E-state index < -0.39 is 10.0 Å². The maximum atomic E-state index is 12.3. The van der Waals surface area contributed by atoms with Crippen LogP contribution in [0.3, 0.4) is 0 Å². The van der Waals surface area contributed by atoms with Crippen molar-refractivity contribution in [2.75, 3.05) is 33.2 Å². The van der Waals surface area contributed by atoms with Gasteiger partial charge in [-0.15, -0.1) is 0 Å². The van der Waals surface area contributed by atoms with E-state index in [1.54, 1.807) is 0 Å². The van der Waals surface area contributed by atoms with Crippen molar-refractivity contribution in [3.05, 3.63) is 12.3 Å². The maximum Gasteiger partial charge on any atom is 0.260 e. The van der Waals surface area contributed by atoms with Crippen LogP contribution in [0.25, 0.3) is 0 Å². The first-order valence-corrected chi connectivity index (χ1v) is 6.89. The highest BCUT2D eigenvalue weighted by Crippen LogP contribution is 2.18. The van der Waals surface area contributed by atoms with Gasteiger partial charge in [-0.05, 0) is 13.1 Å². The second kappa shape index (κ2) is 4.73. The molecule has 1 fully saturated rings. The van der Waals surface area contributed by atoms with Crippen molar-refractivity contribution in [2.45, 2.75) is 11.1 Å². The standard InChI is InChI=1S/C9H17N5O2S/c1-13-4-5-14(8(6-10)7-13)17(15,16)9-2-3-11-12-9/h2-3,8H,4-7,10H2,1H3,(H,11,12). The SMILES string of the molecule is CN1CCN(S(=O)(=O)c2ccn[nH]2)C(CN)C1. The number of nitrogens with one attached hydrogen (secondary N) is 1. The summed E-state index contributed by atoms with van der Waals surface area (Å²) in [5.41, 5.74) is 5.65. The molecule has 2 heterocycles. The number of hydrogen-bond donors (Lipinski definition) is 2. The molecule has 1 aliphatic rings. The van der Waals surface area contributed by atoms with E-state index in [1.807, 2.05) is 7.05 Å². The van der Waals surface area contributed by atoms with E-state index in [0.29, 0.717) is 26.2 Å². The zero-order chi connectivity index (χ0) is 12.5. The third-order valence-electron chi connectivity index (χ3n) is 2.97. The van der Waals surface area contributed by atoms with Crippen LogP contribution >= 0.6 is 0 Å². The molecule has 1 unspecified atom stereocenters. The average molecular weight is 259 g/mol. The summed E-state index contributed by atoms with van der Waals surface area (Å²) in [4.78, 5) is 2.08. The molecule has 0 spiro atoms. The Morgan fingerprint density at radius 3 is 2.94 bits per heavy atom. The normalized spacial score (nSPS) is 24.0. The van der Waals surface area contributed by atoms with Crippen LogP contribution in [0.1, 0.15) is 0 Å².